The van der Waals surface area contributed by atoms with Crippen LogP contribution in [-0.2, 0) is 6.61 Å². The van der Waals surface area contributed by atoms with Crippen molar-refractivity contribution < 1.29 is 5.11 Å². The number of rotatable bonds is 5. The molecule has 0 aliphatic heterocycles. The molecule has 0 atom stereocenters. The number of anilines is 1. The summed E-state index contributed by atoms with van der Waals surface area (Å²) in [5.41, 5.74) is 3.41. The molecular weight excluding hydrogens is 186 g/mol. The lowest BCUT2D eigenvalue weighted by Crippen LogP contribution is -2.24. The first kappa shape index (κ1) is 12.1. The Morgan fingerprint density at radius 2 is 2.00 bits per heavy atom. The van der Waals surface area contributed by atoms with E-state index in [1.807, 2.05) is 0 Å². The van der Waals surface area contributed by atoms with Crippen LogP contribution in [0.4, 0.5) is 5.69 Å². The highest BCUT2D eigenvalue weighted by atomic mass is 16.3. The Hall–Kier alpha value is -1.02. The fourth-order valence-electron chi connectivity index (χ4n) is 1.87. The van der Waals surface area contributed by atoms with Crippen molar-refractivity contribution in [3.05, 3.63) is 29.3 Å². The van der Waals surface area contributed by atoms with E-state index in [-0.39, 0.29) is 6.61 Å². The molecule has 1 aromatic carbocycles. The molecule has 0 heterocycles. The van der Waals surface area contributed by atoms with Crippen LogP contribution in [0, 0.1) is 6.92 Å². The largest absolute Gasteiger partial charge is 0.392 e. The van der Waals surface area contributed by atoms with Gasteiger partial charge in [-0.25, -0.2) is 0 Å². The van der Waals surface area contributed by atoms with Crippen molar-refractivity contribution >= 4 is 5.69 Å². The second-order valence-corrected chi connectivity index (χ2v) is 3.87. The Bertz CT molecular complexity index is 309. The number of hydrogen-bond acceptors (Lipinski definition) is 2. The number of benzene rings is 1. The maximum absolute atomic E-state index is 9.33. The lowest BCUT2D eigenvalue weighted by Gasteiger charge is -2.25. The highest BCUT2D eigenvalue weighted by molar-refractivity contribution is 5.54. The maximum atomic E-state index is 9.33. The number of hydrogen-bond donors (Lipinski definition) is 1. The number of nitrogens with zero attached hydrogens (tertiary/aromatic N) is 1. The molecule has 0 aliphatic rings. The molecule has 0 radical (unpaired) electrons. The summed E-state index contributed by atoms with van der Waals surface area (Å²) in [6, 6.07) is 6.28. The third-order valence-corrected chi connectivity index (χ3v) is 2.62. The topological polar surface area (TPSA) is 23.5 Å². The van der Waals surface area contributed by atoms with Crippen LogP contribution in [-0.4, -0.2) is 18.2 Å². The molecule has 0 bridgehead atoms. The average molecular weight is 207 g/mol. The second kappa shape index (κ2) is 5.76. The molecular formula is C13H21NO. The molecule has 2 heteroatoms. The van der Waals surface area contributed by atoms with Crippen molar-refractivity contribution in [2.75, 3.05) is 18.0 Å². The number of aliphatic hydroxyl groups is 1. The van der Waals surface area contributed by atoms with Crippen LogP contribution >= 0.6 is 0 Å². The van der Waals surface area contributed by atoms with E-state index in [0.29, 0.717) is 0 Å². The van der Waals surface area contributed by atoms with Gasteiger partial charge >= 0.3 is 0 Å². The first-order valence-electron chi connectivity index (χ1n) is 5.68. The minimum Gasteiger partial charge on any atom is -0.392 e. The zero-order chi connectivity index (χ0) is 11.3. The van der Waals surface area contributed by atoms with Gasteiger partial charge in [-0.05, 0) is 26.3 Å². The zero-order valence-electron chi connectivity index (χ0n) is 9.95. The van der Waals surface area contributed by atoms with Crippen molar-refractivity contribution in [3.63, 3.8) is 0 Å². The third kappa shape index (κ3) is 2.96. The van der Waals surface area contributed by atoms with Gasteiger partial charge in [-0.1, -0.05) is 24.6 Å². The van der Waals surface area contributed by atoms with Crippen LogP contribution in [0.15, 0.2) is 18.2 Å². The van der Waals surface area contributed by atoms with Crippen LogP contribution < -0.4 is 4.90 Å². The molecule has 1 N–H and O–H groups in total. The van der Waals surface area contributed by atoms with Gasteiger partial charge < -0.3 is 10.0 Å². The van der Waals surface area contributed by atoms with Crippen molar-refractivity contribution in [1.82, 2.24) is 0 Å². The van der Waals surface area contributed by atoms with E-state index in [1.54, 1.807) is 0 Å². The van der Waals surface area contributed by atoms with E-state index < -0.39 is 0 Å². The van der Waals surface area contributed by atoms with E-state index in [9.17, 15) is 5.11 Å². The average Bonchev–Trinajstić information content (AvgIpc) is 2.26. The highest BCUT2D eigenvalue weighted by Gasteiger charge is 2.08. The summed E-state index contributed by atoms with van der Waals surface area (Å²) >= 11 is 0. The van der Waals surface area contributed by atoms with Crippen LogP contribution in [0.5, 0.6) is 0 Å². The molecule has 1 rings (SSSR count). The summed E-state index contributed by atoms with van der Waals surface area (Å²) in [4.78, 5) is 2.31. The lowest BCUT2D eigenvalue weighted by molar-refractivity contribution is 0.282. The van der Waals surface area contributed by atoms with E-state index in [4.69, 9.17) is 0 Å². The normalized spacial score (nSPS) is 10.4. The molecule has 0 saturated heterocycles. The molecule has 0 saturated carbocycles. The SMILES string of the molecule is CCCN(CC)c1ccc(C)cc1CO. The number of aliphatic hydroxyl groups excluding tert-OH is 1. The maximum Gasteiger partial charge on any atom is 0.0702 e. The van der Waals surface area contributed by atoms with Gasteiger partial charge in [0.05, 0.1) is 6.61 Å². The van der Waals surface area contributed by atoms with Gasteiger partial charge in [0, 0.05) is 24.3 Å². The molecule has 2 nitrogen and oxygen atoms in total. The molecule has 84 valence electrons. The predicted molar refractivity (Wildman–Crippen MR) is 65.3 cm³/mol. The minimum absolute atomic E-state index is 0.122. The summed E-state index contributed by atoms with van der Waals surface area (Å²) in [5, 5.41) is 9.33. The van der Waals surface area contributed by atoms with E-state index in [1.165, 1.54) is 11.3 Å². The van der Waals surface area contributed by atoms with Gasteiger partial charge in [-0.2, -0.15) is 0 Å². The lowest BCUT2D eigenvalue weighted by atomic mass is 10.1. The summed E-state index contributed by atoms with van der Waals surface area (Å²) in [6.45, 7) is 8.54. The molecule has 1 aromatic rings. The molecule has 0 fully saturated rings. The molecule has 15 heavy (non-hydrogen) atoms. The van der Waals surface area contributed by atoms with Gasteiger partial charge in [0.25, 0.3) is 0 Å². The molecule has 0 aliphatic carbocycles. The van der Waals surface area contributed by atoms with Crippen molar-refractivity contribution in [2.45, 2.75) is 33.8 Å². The summed E-state index contributed by atoms with van der Waals surface area (Å²) in [7, 11) is 0. The summed E-state index contributed by atoms with van der Waals surface area (Å²) < 4.78 is 0. The summed E-state index contributed by atoms with van der Waals surface area (Å²) in [6.07, 6.45) is 1.13. The Labute approximate surface area is 92.5 Å². The van der Waals surface area contributed by atoms with Crippen molar-refractivity contribution in [1.29, 1.82) is 0 Å². The molecule has 0 spiro atoms. The molecule has 0 amide bonds. The Morgan fingerprint density at radius 1 is 1.27 bits per heavy atom. The van der Waals surface area contributed by atoms with Crippen molar-refractivity contribution in [2.24, 2.45) is 0 Å². The quantitative estimate of drug-likeness (QED) is 0.802. The van der Waals surface area contributed by atoms with E-state index in [0.717, 1.165) is 25.1 Å². The first-order valence-corrected chi connectivity index (χ1v) is 5.68. The third-order valence-electron chi connectivity index (χ3n) is 2.62. The van der Waals surface area contributed by atoms with Crippen LogP contribution in [0.25, 0.3) is 0 Å². The zero-order valence-corrected chi connectivity index (χ0v) is 9.95. The number of aryl methyl sites for hydroxylation is 1. The molecule has 0 aromatic heterocycles. The molecule has 0 unspecified atom stereocenters. The van der Waals surface area contributed by atoms with E-state index >= 15 is 0 Å². The van der Waals surface area contributed by atoms with Crippen LogP contribution in [0.1, 0.15) is 31.4 Å². The fraction of sp³-hybridized carbons (Fsp3) is 0.538. The Balaban J connectivity index is 2.99. The smallest absolute Gasteiger partial charge is 0.0702 e. The van der Waals surface area contributed by atoms with Crippen molar-refractivity contribution in [3.8, 4) is 0 Å². The summed E-state index contributed by atoms with van der Waals surface area (Å²) in [5.74, 6) is 0. The van der Waals surface area contributed by atoms with Gasteiger partial charge in [0.1, 0.15) is 0 Å². The standard InChI is InChI=1S/C13H21NO/c1-4-8-14(5-2)13-7-6-11(3)9-12(13)10-15/h6-7,9,15H,4-5,8,10H2,1-3H3. The van der Waals surface area contributed by atoms with Gasteiger partial charge in [-0.3, -0.25) is 0 Å². The first-order chi connectivity index (χ1) is 7.22. The fourth-order valence-corrected chi connectivity index (χ4v) is 1.87. The van der Waals surface area contributed by atoms with Crippen LogP contribution in [0.2, 0.25) is 0 Å². The highest BCUT2D eigenvalue weighted by Crippen LogP contribution is 2.22. The van der Waals surface area contributed by atoms with Gasteiger partial charge in [0.15, 0.2) is 0 Å². The Morgan fingerprint density at radius 3 is 2.53 bits per heavy atom. The van der Waals surface area contributed by atoms with E-state index in [2.05, 4.69) is 43.9 Å². The Kier molecular flexibility index (Phi) is 4.63. The minimum atomic E-state index is 0.122. The monoisotopic (exact) mass is 207 g/mol. The van der Waals surface area contributed by atoms with Crippen LogP contribution in [0.3, 0.4) is 0 Å². The second-order valence-electron chi connectivity index (χ2n) is 3.87. The van der Waals surface area contributed by atoms with Gasteiger partial charge in [-0.15, -0.1) is 0 Å². The predicted octanol–water partition coefficient (Wildman–Crippen LogP) is 2.72. The van der Waals surface area contributed by atoms with Gasteiger partial charge in [0.2, 0.25) is 0 Å².